The molecule has 0 spiro atoms. The van der Waals surface area contributed by atoms with Crippen molar-refractivity contribution >= 4 is 29.3 Å². The summed E-state index contributed by atoms with van der Waals surface area (Å²) >= 11 is 6.15. The molecule has 0 unspecified atom stereocenters. The molecule has 0 atom stereocenters. The summed E-state index contributed by atoms with van der Waals surface area (Å²) in [6, 6.07) is 5.67. The van der Waals surface area contributed by atoms with Crippen LogP contribution in [0.1, 0.15) is 31.7 Å². The van der Waals surface area contributed by atoms with E-state index in [0.717, 1.165) is 30.3 Å². The van der Waals surface area contributed by atoms with Gasteiger partial charge in [0.15, 0.2) is 0 Å². The molecule has 1 rings (SSSR count). The lowest BCUT2D eigenvalue weighted by Crippen LogP contribution is -2.18. The molecule has 19 heavy (non-hydrogen) atoms. The molecular formula is C15H20ClNO2. The summed E-state index contributed by atoms with van der Waals surface area (Å²) in [4.78, 5) is 12.6. The topological polar surface area (TPSA) is 40.5 Å². The van der Waals surface area contributed by atoms with Crippen LogP contribution < -0.4 is 4.90 Å². The van der Waals surface area contributed by atoms with Gasteiger partial charge in [0.25, 0.3) is 0 Å². The van der Waals surface area contributed by atoms with E-state index in [9.17, 15) is 4.79 Å². The van der Waals surface area contributed by atoms with Gasteiger partial charge in [-0.15, -0.1) is 0 Å². The molecule has 104 valence electrons. The molecule has 1 N–H and O–H groups in total. The van der Waals surface area contributed by atoms with Crippen LogP contribution in [0.25, 0.3) is 6.08 Å². The number of anilines is 1. The minimum Gasteiger partial charge on any atom is -0.478 e. The van der Waals surface area contributed by atoms with Crippen molar-refractivity contribution in [3.05, 3.63) is 34.9 Å². The van der Waals surface area contributed by atoms with E-state index < -0.39 is 5.97 Å². The molecule has 0 heterocycles. The number of nitrogens with zero attached hydrogens (tertiary/aromatic N) is 1. The van der Waals surface area contributed by atoms with Gasteiger partial charge in [-0.3, -0.25) is 0 Å². The molecule has 0 aliphatic heterocycles. The number of rotatable bonds is 7. The Kier molecular flexibility index (Phi) is 6.43. The maximum atomic E-state index is 10.5. The highest BCUT2D eigenvalue weighted by molar-refractivity contribution is 6.32. The monoisotopic (exact) mass is 281 g/mol. The maximum absolute atomic E-state index is 10.5. The van der Waals surface area contributed by atoms with Gasteiger partial charge in [0.2, 0.25) is 0 Å². The number of hydrogen-bond acceptors (Lipinski definition) is 2. The molecule has 0 aliphatic rings. The Balaban J connectivity index is 2.73. The van der Waals surface area contributed by atoms with Crippen LogP contribution in [-0.2, 0) is 4.79 Å². The zero-order valence-electron chi connectivity index (χ0n) is 11.4. The lowest BCUT2D eigenvalue weighted by atomic mass is 10.1. The number of halogens is 1. The van der Waals surface area contributed by atoms with Crippen LogP contribution in [-0.4, -0.2) is 24.7 Å². The summed E-state index contributed by atoms with van der Waals surface area (Å²) in [6.45, 7) is 3.18. The molecular weight excluding hydrogens is 262 g/mol. The van der Waals surface area contributed by atoms with E-state index in [1.165, 1.54) is 18.9 Å². The Bertz CT molecular complexity index is 457. The van der Waals surface area contributed by atoms with E-state index in [4.69, 9.17) is 16.7 Å². The number of aliphatic carboxylic acids is 1. The largest absolute Gasteiger partial charge is 0.478 e. The van der Waals surface area contributed by atoms with Crippen LogP contribution in [0.4, 0.5) is 5.69 Å². The summed E-state index contributed by atoms with van der Waals surface area (Å²) in [7, 11) is 2.04. The van der Waals surface area contributed by atoms with Crippen molar-refractivity contribution in [2.75, 3.05) is 18.5 Å². The van der Waals surface area contributed by atoms with Gasteiger partial charge in [-0.25, -0.2) is 4.79 Å². The molecule has 1 aromatic rings. The summed E-state index contributed by atoms with van der Waals surface area (Å²) in [5.74, 6) is -0.975. The average molecular weight is 282 g/mol. The third kappa shape index (κ3) is 5.35. The second-order valence-corrected chi connectivity index (χ2v) is 4.91. The van der Waals surface area contributed by atoms with E-state index in [1.807, 2.05) is 25.2 Å². The zero-order chi connectivity index (χ0) is 14.3. The normalized spacial score (nSPS) is 10.9. The fourth-order valence-electron chi connectivity index (χ4n) is 1.78. The fourth-order valence-corrected chi connectivity index (χ4v) is 2.02. The Morgan fingerprint density at radius 2 is 2.16 bits per heavy atom. The minimum atomic E-state index is -0.975. The van der Waals surface area contributed by atoms with E-state index in [-0.39, 0.29) is 0 Å². The molecule has 0 aromatic heterocycles. The molecule has 0 saturated heterocycles. The van der Waals surface area contributed by atoms with E-state index in [2.05, 4.69) is 11.8 Å². The first-order valence-electron chi connectivity index (χ1n) is 6.46. The molecule has 0 saturated carbocycles. The maximum Gasteiger partial charge on any atom is 0.328 e. The van der Waals surface area contributed by atoms with Crippen LogP contribution in [0.5, 0.6) is 0 Å². The lowest BCUT2D eigenvalue weighted by Gasteiger charge is -2.19. The van der Waals surface area contributed by atoms with Crippen LogP contribution in [0.15, 0.2) is 24.3 Å². The molecule has 0 aliphatic carbocycles. The number of carbonyl (C=O) groups is 1. The number of benzene rings is 1. The predicted molar refractivity (Wildman–Crippen MR) is 80.9 cm³/mol. The first-order valence-corrected chi connectivity index (χ1v) is 6.84. The predicted octanol–water partition coefficient (Wildman–Crippen LogP) is 4.06. The van der Waals surface area contributed by atoms with Gasteiger partial charge < -0.3 is 10.0 Å². The third-order valence-corrected chi connectivity index (χ3v) is 3.25. The van der Waals surface area contributed by atoms with Crippen molar-refractivity contribution in [1.29, 1.82) is 0 Å². The Morgan fingerprint density at radius 1 is 1.42 bits per heavy atom. The highest BCUT2D eigenvalue weighted by Gasteiger charge is 2.04. The summed E-state index contributed by atoms with van der Waals surface area (Å²) in [6.07, 6.45) is 6.17. The van der Waals surface area contributed by atoms with Gasteiger partial charge in [-0.05, 0) is 30.2 Å². The number of carboxylic acids is 1. The van der Waals surface area contributed by atoms with Crippen molar-refractivity contribution in [3.8, 4) is 0 Å². The molecule has 3 nitrogen and oxygen atoms in total. The zero-order valence-corrected chi connectivity index (χ0v) is 12.2. The summed E-state index contributed by atoms with van der Waals surface area (Å²) in [5, 5.41) is 9.16. The number of hydrogen-bond donors (Lipinski definition) is 1. The number of carboxylic acid groups (broad SMARTS) is 1. The Hall–Kier alpha value is -1.48. The molecule has 0 radical (unpaired) electrons. The van der Waals surface area contributed by atoms with Gasteiger partial charge in [-0.2, -0.15) is 0 Å². The van der Waals surface area contributed by atoms with Crippen LogP contribution in [0, 0.1) is 0 Å². The lowest BCUT2D eigenvalue weighted by molar-refractivity contribution is -0.131. The highest BCUT2D eigenvalue weighted by Crippen LogP contribution is 2.24. The highest BCUT2D eigenvalue weighted by atomic mass is 35.5. The molecule has 0 bridgehead atoms. The molecule has 0 fully saturated rings. The average Bonchev–Trinajstić information content (AvgIpc) is 2.37. The van der Waals surface area contributed by atoms with Crippen LogP contribution in [0.2, 0.25) is 5.02 Å². The molecule has 1 aromatic carbocycles. The van der Waals surface area contributed by atoms with Crippen molar-refractivity contribution < 1.29 is 9.90 Å². The standard InChI is InChI=1S/C15H20ClNO2/c1-3-4-5-10-17(2)13-8-6-12(14(16)11-13)7-9-15(18)19/h6-9,11H,3-5,10H2,1-2H3,(H,18,19)/b9-7+. The van der Waals surface area contributed by atoms with E-state index in [0.29, 0.717) is 5.02 Å². The van der Waals surface area contributed by atoms with Gasteiger partial charge in [-0.1, -0.05) is 37.4 Å². The van der Waals surface area contributed by atoms with E-state index in [1.54, 1.807) is 0 Å². The Labute approximate surface area is 119 Å². The van der Waals surface area contributed by atoms with Crippen molar-refractivity contribution in [3.63, 3.8) is 0 Å². The fraction of sp³-hybridized carbons (Fsp3) is 0.400. The Morgan fingerprint density at radius 3 is 2.74 bits per heavy atom. The van der Waals surface area contributed by atoms with Gasteiger partial charge in [0, 0.05) is 30.4 Å². The van der Waals surface area contributed by atoms with Crippen LogP contribution >= 0.6 is 11.6 Å². The minimum absolute atomic E-state index is 0.567. The summed E-state index contributed by atoms with van der Waals surface area (Å²) in [5.41, 5.74) is 1.77. The summed E-state index contributed by atoms with van der Waals surface area (Å²) < 4.78 is 0. The van der Waals surface area contributed by atoms with Crippen molar-refractivity contribution in [2.45, 2.75) is 26.2 Å². The number of unbranched alkanes of at least 4 members (excludes halogenated alkanes) is 2. The first-order chi connectivity index (χ1) is 9.04. The molecule has 0 amide bonds. The van der Waals surface area contributed by atoms with Crippen molar-refractivity contribution in [2.24, 2.45) is 0 Å². The van der Waals surface area contributed by atoms with Gasteiger partial charge >= 0.3 is 5.97 Å². The van der Waals surface area contributed by atoms with Gasteiger partial charge in [0.1, 0.15) is 0 Å². The second kappa shape index (κ2) is 7.85. The van der Waals surface area contributed by atoms with E-state index >= 15 is 0 Å². The first kappa shape index (κ1) is 15.6. The van der Waals surface area contributed by atoms with Crippen LogP contribution in [0.3, 0.4) is 0 Å². The second-order valence-electron chi connectivity index (χ2n) is 4.51. The quantitative estimate of drug-likeness (QED) is 0.605. The van der Waals surface area contributed by atoms with Crippen molar-refractivity contribution in [1.82, 2.24) is 0 Å². The SMILES string of the molecule is CCCCCN(C)c1ccc(/C=C/C(=O)O)c(Cl)c1. The van der Waals surface area contributed by atoms with Gasteiger partial charge in [0.05, 0.1) is 0 Å². The smallest absolute Gasteiger partial charge is 0.328 e. The third-order valence-electron chi connectivity index (χ3n) is 2.93. The molecule has 4 heteroatoms.